The summed E-state index contributed by atoms with van der Waals surface area (Å²) in [5.74, 6) is -3.62. The van der Waals surface area contributed by atoms with E-state index in [0.717, 1.165) is 5.56 Å². The molecule has 5 rings (SSSR count). The number of esters is 1. The number of amides is 3. The second-order valence-electron chi connectivity index (χ2n) is 12.5. The van der Waals surface area contributed by atoms with Gasteiger partial charge < -0.3 is 34.4 Å². The van der Waals surface area contributed by atoms with Gasteiger partial charge in [0.15, 0.2) is 0 Å². The number of hydrogen-bond acceptors (Lipinski definition) is 8. The monoisotopic (exact) mass is 659 g/mol. The average Bonchev–Trinajstić information content (AvgIpc) is 3.74. The fourth-order valence-electron chi connectivity index (χ4n) is 7.54. The molecule has 3 heterocycles. The lowest BCUT2D eigenvalue weighted by atomic mass is 9.70. The van der Waals surface area contributed by atoms with Gasteiger partial charge in [-0.1, -0.05) is 72.8 Å². The van der Waals surface area contributed by atoms with Gasteiger partial charge in [0, 0.05) is 33.2 Å². The molecule has 11 heteroatoms. The molecule has 256 valence electrons. The summed E-state index contributed by atoms with van der Waals surface area (Å²) >= 11 is 0. The highest BCUT2D eigenvalue weighted by molar-refractivity contribution is 5.98. The molecule has 0 saturated carbocycles. The molecule has 0 radical (unpaired) electrons. The van der Waals surface area contributed by atoms with Crippen molar-refractivity contribution in [3.8, 4) is 0 Å². The molecule has 2 bridgehead atoms. The van der Waals surface area contributed by atoms with E-state index in [1.165, 1.54) is 12.0 Å². The van der Waals surface area contributed by atoms with Gasteiger partial charge in [-0.05, 0) is 30.4 Å². The van der Waals surface area contributed by atoms with Gasteiger partial charge in [-0.3, -0.25) is 19.2 Å². The number of aliphatic hydroxyl groups excluding tert-OH is 1. The molecule has 2 aromatic carbocycles. The van der Waals surface area contributed by atoms with Crippen molar-refractivity contribution in [2.75, 3.05) is 33.4 Å². The number of allylic oxidation sites excluding steroid dienone is 1. The van der Waals surface area contributed by atoms with Crippen LogP contribution in [0, 0.1) is 11.8 Å². The Morgan fingerprint density at radius 1 is 1.12 bits per heavy atom. The number of likely N-dealkylation sites (tertiary alicyclic amines) is 1. The minimum atomic E-state index is -1.26. The first kappa shape index (κ1) is 35.0. The number of nitrogens with one attached hydrogen (secondary N) is 1. The molecular formula is C37H45N3O8. The van der Waals surface area contributed by atoms with E-state index >= 15 is 0 Å². The number of benzene rings is 2. The van der Waals surface area contributed by atoms with E-state index in [2.05, 4.69) is 18.5 Å². The van der Waals surface area contributed by atoms with Crippen LogP contribution < -0.4 is 5.32 Å². The van der Waals surface area contributed by atoms with Crippen molar-refractivity contribution in [2.45, 2.75) is 62.1 Å². The molecule has 7 atom stereocenters. The van der Waals surface area contributed by atoms with E-state index < -0.39 is 53.6 Å². The van der Waals surface area contributed by atoms with Gasteiger partial charge in [0.2, 0.25) is 17.7 Å². The predicted octanol–water partition coefficient (Wildman–Crippen LogP) is 2.95. The number of carbonyl (C=O) groups excluding carboxylic acids is 4. The predicted molar refractivity (Wildman–Crippen MR) is 177 cm³/mol. The molecule has 0 aliphatic carbocycles. The van der Waals surface area contributed by atoms with Crippen LogP contribution in [0.15, 0.2) is 86.0 Å². The third-order valence-electron chi connectivity index (χ3n) is 9.53. The Morgan fingerprint density at radius 3 is 2.48 bits per heavy atom. The van der Waals surface area contributed by atoms with E-state index in [1.54, 1.807) is 29.2 Å². The number of β-amino-alcohol motifs (C(OH)–C–C–N with tert-alkyl or cyclic N) is 1. The van der Waals surface area contributed by atoms with Crippen LogP contribution in [0.4, 0.5) is 0 Å². The second-order valence-corrected chi connectivity index (χ2v) is 12.5. The highest BCUT2D eigenvalue weighted by atomic mass is 16.6. The molecule has 0 unspecified atom stereocenters. The summed E-state index contributed by atoms with van der Waals surface area (Å²) in [7, 11) is 1.50. The van der Waals surface area contributed by atoms with Crippen LogP contribution >= 0.6 is 0 Å². The van der Waals surface area contributed by atoms with Crippen LogP contribution in [-0.4, -0.2) is 95.8 Å². The number of carbonyl (C=O) groups is 4. The zero-order chi connectivity index (χ0) is 34.3. The molecule has 2 aromatic rings. The zero-order valence-corrected chi connectivity index (χ0v) is 27.4. The van der Waals surface area contributed by atoms with E-state index in [4.69, 9.17) is 14.2 Å². The number of nitrogens with zero attached hydrogens (tertiary/aromatic N) is 2. The smallest absolute Gasteiger partial charge is 0.313 e. The zero-order valence-electron chi connectivity index (χ0n) is 27.4. The lowest BCUT2D eigenvalue weighted by Gasteiger charge is -2.36. The van der Waals surface area contributed by atoms with Crippen LogP contribution in [0.25, 0.3) is 0 Å². The van der Waals surface area contributed by atoms with E-state index in [0.29, 0.717) is 24.8 Å². The average molecular weight is 660 g/mol. The van der Waals surface area contributed by atoms with Gasteiger partial charge in [0.25, 0.3) is 0 Å². The molecule has 3 aliphatic heterocycles. The summed E-state index contributed by atoms with van der Waals surface area (Å²) in [6, 6.07) is 16.8. The summed E-state index contributed by atoms with van der Waals surface area (Å²) in [6.07, 6.45) is 3.26. The minimum absolute atomic E-state index is 0.0605. The minimum Gasteiger partial charge on any atom is -0.455 e. The van der Waals surface area contributed by atoms with Crippen LogP contribution in [0.2, 0.25) is 0 Å². The van der Waals surface area contributed by atoms with Crippen molar-refractivity contribution < 1.29 is 38.5 Å². The van der Waals surface area contributed by atoms with Crippen LogP contribution in [0.1, 0.15) is 42.9 Å². The summed E-state index contributed by atoms with van der Waals surface area (Å²) in [6.45, 7) is 7.64. The fraction of sp³-hybridized carbons (Fsp3) is 0.459. The van der Waals surface area contributed by atoms with Gasteiger partial charge in [-0.2, -0.15) is 0 Å². The molecule has 0 aromatic heterocycles. The fourth-order valence-corrected chi connectivity index (χ4v) is 7.54. The molecular weight excluding hydrogens is 614 g/mol. The second kappa shape index (κ2) is 15.7. The van der Waals surface area contributed by atoms with Crippen molar-refractivity contribution >= 4 is 23.7 Å². The Labute approximate surface area is 281 Å². The molecule has 3 amide bonds. The third-order valence-corrected chi connectivity index (χ3v) is 9.53. The summed E-state index contributed by atoms with van der Waals surface area (Å²) in [5, 5.41) is 12.9. The largest absolute Gasteiger partial charge is 0.455 e. The maximum Gasteiger partial charge on any atom is 0.313 e. The number of methoxy groups -OCH3 is 1. The van der Waals surface area contributed by atoms with Gasteiger partial charge in [0.1, 0.15) is 17.7 Å². The topological polar surface area (TPSA) is 135 Å². The Balaban J connectivity index is 1.45. The third kappa shape index (κ3) is 6.94. The van der Waals surface area contributed by atoms with Crippen molar-refractivity contribution in [1.29, 1.82) is 0 Å². The van der Waals surface area contributed by atoms with Gasteiger partial charge in [-0.25, -0.2) is 0 Å². The summed E-state index contributed by atoms with van der Waals surface area (Å²) in [4.78, 5) is 58.7. The van der Waals surface area contributed by atoms with Crippen molar-refractivity contribution in [1.82, 2.24) is 15.1 Å². The van der Waals surface area contributed by atoms with E-state index in [-0.39, 0.29) is 51.1 Å². The van der Waals surface area contributed by atoms with Crippen LogP contribution in [0.5, 0.6) is 0 Å². The first-order valence-electron chi connectivity index (χ1n) is 16.5. The lowest BCUT2D eigenvalue weighted by Crippen LogP contribution is -2.56. The van der Waals surface area contributed by atoms with Gasteiger partial charge in [-0.15, -0.1) is 13.2 Å². The highest BCUT2D eigenvalue weighted by Gasteiger charge is 2.75. The Hall–Kier alpha value is -4.32. The SMILES string of the molecule is C=CCCC(=O)N[C@@H](COC)[C@@H](OC(=O)[C@@H]1[C@@H]2CC[C@]3(O2)[C@H](C(=O)N(CC=C)Cc2ccccc2)N(CCO)C(=O)[C@@H]13)c1ccccc1. The summed E-state index contributed by atoms with van der Waals surface area (Å²) < 4.78 is 18.2. The highest BCUT2D eigenvalue weighted by Crippen LogP contribution is 2.59. The Morgan fingerprint density at radius 2 is 1.83 bits per heavy atom. The van der Waals surface area contributed by atoms with E-state index in [1.807, 2.05) is 48.5 Å². The number of hydrogen-bond donors (Lipinski definition) is 2. The molecule has 11 nitrogen and oxygen atoms in total. The Bertz CT molecular complexity index is 1470. The normalized spacial score (nSPS) is 25.2. The number of ether oxygens (including phenoxy) is 3. The summed E-state index contributed by atoms with van der Waals surface area (Å²) in [5.41, 5.74) is 0.289. The van der Waals surface area contributed by atoms with Gasteiger partial charge in [0.05, 0.1) is 37.2 Å². The van der Waals surface area contributed by atoms with Gasteiger partial charge >= 0.3 is 5.97 Å². The Kier molecular flexibility index (Phi) is 11.5. The molecule has 3 saturated heterocycles. The maximum atomic E-state index is 14.4. The first-order valence-corrected chi connectivity index (χ1v) is 16.5. The molecule has 48 heavy (non-hydrogen) atoms. The maximum absolute atomic E-state index is 14.4. The molecule has 1 spiro atoms. The molecule has 3 fully saturated rings. The lowest BCUT2D eigenvalue weighted by molar-refractivity contribution is -0.163. The van der Waals surface area contributed by atoms with Crippen molar-refractivity contribution in [2.24, 2.45) is 11.8 Å². The van der Waals surface area contributed by atoms with Crippen molar-refractivity contribution in [3.63, 3.8) is 0 Å². The van der Waals surface area contributed by atoms with Crippen LogP contribution in [0.3, 0.4) is 0 Å². The standard InChI is InChI=1S/C37H45N3O8/c1-4-6-17-29(42)38-27(24-46-3)32(26-15-11-8-12-16-26)47-36(45)30-28-18-19-37(48-28)31(30)34(43)40(21-22-41)33(37)35(44)39(20-5-2)23-25-13-9-7-10-14-25/h4-5,7-16,27-28,30-33,41H,1-2,6,17-24H2,3H3,(H,38,42)/t27-,28-,30+,31+,32-,33-,37+/m0/s1. The molecule has 3 aliphatic rings. The number of rotatable bonds is 17. The first-order chi connectivity index (χ1) is 23.3. The van der Waals surface area contributed by atoms with Crippen LogP contribution in [-0.2, 0) is 39.9 Å². The van der Waals surface area contributed by atoms with Crippen molar-refractivity contribution in [3.05, 3.63) is 97.1 Å². The number of fused-ring (bicyclic) bond motifs is 1. The number of aliphatic hydroxyl groups is 1. The quantitative estimate of drug-likeness (QED) is 0.196. The molecule has 2 N–H and O–H groups in total. The van der Waals surface area contributed by atoms with E-state index in [9.17, 15) is 24.3 Å².